The molecule has 1 heterocycles. The summed E-state index contributed by atoms with van der Waals surface area (Å²) in [5.41, 5.74) is 19.1. The fourth-order valence-electron chi connectivity index (χ4n) is 10.9. The van der Waals surface area contributed by atoms with Crippen molar-refractivity contribution in [3.63, 3.8) is 0 Å². The molecule has 2 aliphatic carbocycles. The van der Waals surface area contributed by atoms with Crippen LogP contribution in [0.5, 0.6) is 0 Å². The van der Waals surface area contributed by atoms with E-state index in [0.717, 1.165) is 27.5 Å². The number of furan rings is 1. The van der Waals surface area contributed by atoms with E-state index in [1.807, 2.05) is 0 Å². The van der Waals surface area contributed by atoms with Crippen molar-refractivity contribution in [2.75, 3.05) is 0 Å². The lowest BCUT2D eigenvalue weighted by Gasteiger charge is -2.30. The maximum atomic E-state index is 7.23. The van der Waals surface area contributed by atoms with Crippen LogP contribution in [0.15, 0.2) is 211 Å². The largest absolute Gasteiger partial charge is 0.455 e. The van der Waals surface area contributed by atoms with Crippen molar-refractivity contribution in [2.24, 2.45) is 0 Å². The lowest BCUT2D eigenvalue weighted by molar-refractivity contribution is 0.667. The van der Waals surface area contributed by atoms with Crippen LogP contribution < -0.4 is 0 Å². The first kappa shape index (κ1) is 31.7. The molecule has 11 aromatic rings. The fraction of sp³-hybridized carbons (Fsp3) is 0.0175. The third-order valence-electron chi connectivity index (χ3n) is 13.1. The zero-order valence-corrected chi connectivity index (χ0v) is 31.5. The molecule has 1 nitrogen and oxygen atoms in total. The molecular formula is C57H34O. The summed E-state index contributed by atoms with van der Waals surface area (Å²) in [6.07, 6.45) is 0. The van der Waals surface area contributed by atoms with Gasteiger partial charge in [0.25, 0.3) is 0 Å². The van der Waals surface area contributed by atoms with Crippen molar-refractivity contribution in [2.45, 2.75) is 5.41 Å². The molecule has 1 aromatic heterocycles. The first-order chi connectivity index (χ1) is 28.8. The summed E-state index contributed by atoms with van der Waals surface area (Å²) in [6, 6.07) is 75.9. The molecule has 0 amide bonds. The highest BCUT2D eigenvalue weighted by molar-refractivity contribution is 6.25. The zero-order valence-electron chi connectivity index (χ0n) is 31.5. The SMILES string of the molecule is c1ccc(-c2ccccc2-c2c3ccccc3c(-c3cccc4c3oc3cc5c(cc34)-c3ccccc3C53c4ccccc4-c4ccccc43)c3ccccc23)cc1. The van der Waals surface area contributed by atoms with Crippen molar-refractivity contribution < 1.29 is 4.42 Å². The van der Waals surface area contributed by atoms with Crippen LogP contribution in [-0.2, 0) is 5.41 Å². The van der Waals surface area contributed by atoms with Crippen molar-refractivity contribution in [3.05, 3.63) is 229 Å². The van der Waals surface area contributed by atoms with E-state index in [1.54, 1.807) is 0 Å². The molecule has 0 saturated carbocycles. The van der Waals surface area contributed by atoms with Gasteiger partial charge in [-0.05, 0) is 100 Å². The van der Waals surface area contributed by atoms with E-state index in [4.69, 9.17) is 4.42 Å². The highest BCUT2D eigenvalue weighted by Crippen LogP contribution is 2.63. The predicted molar refractivity (Wildman–Crippen MR) is 241 cm³/mol. The molecule has 58 heavy (non-hydrogen) atoms. The number of fused-ring (bicyclic) bond motifs is 15. The van der Waals surface area contributed by atoms with E-state index < -0.39 is 5.41 Å². The van der Waals surface area contributed by atoms with Gasteiger partial charge in [0.2, 0.25) is 0 Å². The van der Waals surface area contributed by atoms with Crippen LogP contribution in [0.4, 0.5) is 0 Å². The lowest BCUT2D eigenvalue weighted by Crippen LogP contribution is -2.25. The molecule has 0 atom stereocenters. The van der Waals surface area contributed by atoms with Gasteiger partial charge in [-0.3, -0.25) is 0 Å². The Morgan fingerprint density at radius 2 is 0.707 bits per heavy atom. The lowest BCUT2D eigenvalue weighted by atomic mass is 9.70. The number of hydrogen-bond acceptors (Lipinski definition) is 1. The molecule has 0 bridgehead atoms. The van der Waals surface area contributed by atoms with Crippen LogP contribution >= 0.6 is 0 Å². The van der Waals surface area contributed by atoms with Crippen molar-refractivity contribution in [3.8, 4) is 55.6 Å². The van der Waals surface area contributed by atoms with E-state index in [2.05, 4.69) is 206 Å². The maximum Gasteiger partial charge on any atom is 0.143 e. The van der Waals surface area contributed by atoms with Crippen LogP contribution in [0.3, 0.4) is 0 Å². The topological polar surface area (TPSA) is 13.1 Å². The summed E-state index contributed by atoms with van der Waals surface area (Å²) < 4.78 is 7.23. The van der Waals surface area contributed by atoms with Crippen LogP contribution in [0.1, 0.15) is 22.3 Å². The maximum absolute atomic E-state index is 7.23. The average Bonchev–Trinajstić information content (AvgIpc) is 3.91. The number of benzene rings is 10. The van der Waals surface area contributed by atoms with Gasteiger partial charge in [0.1, 0.15) is 11.2 Å². The van der Waals surface area contributed by atoms with Gasteiger partial charge >= 0.3 is 0 Å². The molecule has 0 fully saturated rings. The third-order valence-corrected chi connectivity index (χ3v) is 13.1. The highest BCUT2D eigenvalue weighted by Gasteiger charge is 2.51. The first-order valence-electron chi connectivity index (χ1n) is 20.2. The molecule has 0 saturated heterocycles. The molecule has 2 aliphatic rings. The van der Waals surface area contributed by atoms with Crippen LogP contribution in [0, 0.1) is 0 Å². The Labute approximate surface area is 336 Å². The van der Waals surface area contributed by atoms with Gasteiger partial charge in [0, 0.05) is 21.9 Å². The Morgan fingerprint density at radius 3 is 1.29 bits per heavy atom. The molecule has 0 radical (unpaired) electrons. The van der Waals surface area contributed by atoms with Gasteiger partial charge < -0.3 is 4.42 Å². The van der Waals surface area contributed by atoms with Crippen LogP contribution in [-0.4, -0.2) is 0 Å². The molecule has 268 valence electrons. The van der Waals surface area contributed by atoms with Gasteiger partial charge in [0.15, 0.2) is 0 Å². The minimum Gasteiger partial charge on any atom is -0.455 e. The second-order valence-corrected chi connectivity index (χ2v) is 15.8. The fourth-order valence-corrected chi connectivity index (χ4v) is 10.9. The normalized spacial score (nSPS) is 13.3. The predicted octanol–water partition coefficient (Wildman–Crippen LogP) is 15.2. The highest BCUT2D eigenvalue weighted by atomic mass is 16.3. The van der Waals surface area contributed by atoms with E-state index in [1.165, 1.54) is 93.9 Å². The van der Waals surface area contributed by atoms with E-state index in [0.29, 0.717) is 0 Å². The summed E-state index contributed by atoms with van der Waals surface area (Å²) in [5.74, 6) is 0. The second kappa shape index (κ2) is 11.8. The van der Waals surface area contributed by atoms with Crippen molar-refractivity contribution in [1.29, 1.82) is 0 Å². The standard InChI is InChI=1S/C57H34O/c1-2-17-35(18-3-1)36-19-4-5-23-40(36)54-41-24-6-8-26-43(41)55(44-27-9-7-25-42(44)54)46-29-16-28-45-48-33-47-39-22-12-15-32-51(39)57(52(47)34-53(48)58-56(45)46)49-30-13-10-20-37(49)38-21-11-14-31-50(38)57/h1-34H. The third kappa shape index (κ3) is 4.05. The van der Waals surface area contributed by atoms with Gasteiger partial charge in [0.05, 0.1) is 5.41 Å². The van der Waals surface area contributed by atoms with Crippen LogP contribution in [0.25, 0.3) is 99.1 Å². The molecule has 13 rings (SSSR count). The van der Waals surface area contributed by atoms with Crippen molar-refractivity contribution >= 4 is 43.5 Å². The molecule has 0 N–H and O–H groups in total. The minimum atomic E-state index is -0.423. The Kier molecular flexibility index (Phi) is 6.43. The molecule has 1 spiro atoms. The van der Waals surface area contributed by atoms with E-state index in [9.17, 15) is 0 Å². The first-order valence-corrected chi connectivity index (χ1v) is 20.2. The summed E-state index contributed by atoms with van der Waals surface area (Å²) in [5, 5.41) is 7.15. The van der Waals surface area contributed by atoms with Gasteiger partial charge in [-0.25, -0.2) is 0 Å². The smallest absolute Gasteiger partial charge is 0.143 e. The number of para-hydroxylation sites is 1. The zero-order chi connectivity index (χ0) is 38.0. The Balaban J connectivity index is 1.10. The Bertz CT molecular complexity index is 3410. The summed E-state index contributed by atoms with van der Waals surface area (Å²) in [7, 11) is 0. The second-order valence-electron chi connectivity index (χ2n) is 15.8. The van der Waals surface area contributed by atoms with Gasteiger partial charge in [-0.2, -0.15) is 0 Å². The minimum absolute atomic E-state index is 0.423. The summed E-state index contributed by atoms with van der Waals surface area (Å²) in [4.78, 5) is 0. The van der Waals surface area contributed by atoms with E-state index in [-0.39, 0.29) is 0 Å². The summed E-state index contributed by atoms with van der Waals surface area (Å²) >= 11 is 0. The van der Waals surface area contributed by atoms with E-state index >= 15 is 0 Å². The van der Waals surface area contributed by atoms with Gasteiger partial charge in [-0.1, -0.05) is 194 Å². The Morgan fingerprint density at radius 1 is 0.276 bits per heavy atom. The average molecular weight is 735 g/mol. The quantitative estimate of drug-likeness (QED) is 0.165. The van der Waals surface area contributed by atoms with Gasteiger partial charge in [-0.15, -0.1) is 0 Å². The summed E-state index contributed by atoms with van der Waals surface area (Å²) in [6.45, 7) is 0. The molecule has 0 unspecified atom stereocenters. The number of rotatable bonds is 3. The molecular weight excluding hydrogens is 701 g/mol. The monoisotopic (exact) mass is 734 g/mol. The molecule has 1 heteroatoms. The molecule has 10 aromatic carbocycles. The van der Waals surface area contributed by atoms with Crippen molar-refractivity contribution in [1.82, 2.24) is 0 Å². The van der Waals surface area contributed by atoms with Crippen LogP contribution in [0.2, 0.25) is 0 Å². The molecule has 0 aliphatic heterocycles. The Hall–Kier alpha value is -7.48. The number of hydrogen-bond donors (Lipinski definition) is 0.